The number of aromatic carboxylic acids is 1. The lowest BCUT2D eigenvalue weighted by Gasteiger charge is -2.11. The molecule has 0 aliphatic carbocycles. The predicted octanol–water partition coefficient (Wildman–Crippen LogP) is 4.13. The average molecular weight is 342 g/mol. The van der Waals surface area contributed by atoms with Crippen molar-refractivity contribution in [2.24, 2.45) is 0 Å². The third-order valence-electron chi connectivity index (χ3n) is 2.47. The first kappa shape index (κ1) is 13.7. The first-order valence-electron chi connectivity index (χ1n) is 5.32. The number of rotatable bonds is 3. The topological polar surface area (TPSA) is 75.4 Å². The summed E-state index contributed by atoms with van der Waals surface area (Å²) < 4.78 is 0.722. The molecule has 0 atom stereocenters. The maximum Gasteiger partial charge on any atom is 0.337 e. The molecule has 2 aromatic rings. The Balaban J connectivity index is 2.39. The van der Waals surface area contributed by atoms with Gasteiger partial charge in [-0.2, -0.15) is 0 Å². The van der Waals surface area contributed by atoms with Crippen LogP contribution in [0.15, 0.2) is 40.9 Å². The van der Waals surface area contributed by atoms with Crippen LogP contribution in [-0.2, 0) is 0 Å². The first-order chi connectivity index (χ1) is 8.97. The van der Waals surface area contributed by atoms with Gasteiger partial charge in [0.05, 0.1) is 16.3 Å². The summed E-state index contributed by atoms with van der Waals surface area (Å²) in [5.41, 5.74) is 7.46. The van der Waals surface area contributed by atoms with Crippen LogP contribution < -0.4 is 11.1 Å². The van der Waals surface area contributed by atoms with Gasteiger partial charge in [0, 0.05) is 15.8 Å². The third kappa shape index (κ3) is 3.19. The molecule has 0 aliphatic rings. The van der Waals surface area contributed by atoms with E-state index < -0.39 is 5.97 Å². The lowest BCUT2D eigenvalue weighted by molar-refractivity contribution is 0.0698. The summed E-state index contributed by atoms with van der Waals surface area (Å²) in [6.45, 7) is 0. The maximum absolute atomic E-state index is 11.1. The number of carboxylic acid groups (broad SMARTS) is 1. The number of nitrogens with two attached hydrogens (primary N) is 1. The van der Waals surface area contributed by atoms with Crippen LogP contribution in [0.4, 0.5) is 17.1 Å². The zero-order valence-corrected chi connectivity index (χ0v) is 12.0. The van der Waals surface area contributed by atoms with Crippen LogP contribution in [-0.4, -0.2) is 11.1 Å². The molecule has 0 fully saturated rings. The Morgan fingerprint density at radius 3 is 2.63 bits per heavy atom. The van der Waals surface area contributed by atoms with Crippen molar-refractivity contribution in [2.45, 2.75) is 0 Å². The maximum atomic E-state index is 11.1. The second-order valence-corrected chi connectivity index (χ2v) is 5.13. The van der Waals surface area contributed by atoms with Crippen molar-refractivity contribution < 1.29 is 9.90 Å². The van der Waals surface area contributed by atoms with E-state index in [1.165, 1.54) is 6.07 Å². The number of halogens is 2. The monoisotopic (exact) mass is 340 g/mol. The molecule has 6 heteroatoms. The molecule has 0 heterocycles. The molecule has 19 heavy (non-hydrogen) atoms. The summed E-state index contributed by atoms with van der Waals surface area (Å²) in [5.74, 6) is -1.02. The van der Waals surface area contributed by atoms with Crippen LogP contribution in [0.25, 0.3) is 0 Å². The highest BCUT2D eigenvalue weighted by Crippen LogP contribution is 2.29. The summed E-state index contributed by atoms with van der Waals surface area (Å²) >= 11 is 9.21. The summed E-state index contributed by atoms with van der Waals surface area (Å²) in [6.07, 6.45) is 0. The van der Waals surface area contributed by atoms with Gasteiger partial charge in [0.1, 0.15) is 0 Å². The number of nitrogen functional groups attached to an aromatic ring is 1. The van der Waals surface area contributed by atoms with Gasteiger partial charge in [-0.15, -0.1) is 0 Å². The van der Waals surface area contributed by atoms with E-state index in [-0.39, 0.29) is 5.56 Å². The molecule has 4 N–H and O–H groups in total. The average Bonchev–Trinajstić information content (AvgIpc) is 2.33. The smallest absolute Gasteiger partial charge is 0.337 e. The standard InChI is InChI=1S/C13H10BrClN2O2/c14-10-6-8(2-4-11(10)15)17-12-5-7(16)1-3-9(12)13(18)19/h1-6,17H,16H2,(H,18,19). The molecular formula is C13H10BrClN2O2. The van der Waals surface area contributed by atoms with E-state index in [4.69, 9.17) is 22.4 Å². The van der Waals surface area contributed by atoms with Crippen molar-refractivity contribution in [1.82, 2.24) is 0 Å². The van der Waals surface area contributed by atoms with Crippen LogP contribution in [0.2, 0.25) is 5.02 Å². The largest absolute Gasteiger partial charge is 0.478 e. The lowest BCUT2D eigenvalue weighted by atomic mass is 10.1. The fourth-order valence-electron chi connectivity index (χ4n) is 1.58. The number of carboxylic acids is 1. The van der Waals surface area contributed by atoms with E-state index in [0.717, 1.165) is 4.47 Å². The molecule has 98 valence electrons. The first-order valence-corrected chi connectivity index (χ1v) is 6.49. The van der Waals surface area contributed by atoms with E-state index in [0.29, 0.717) is 22.1 Å². The highest BCUT2D eigenvalue weighted by atomic mass is 79.9. The third-order valence-corrected chi connectivity index (χ3v) is 3.69. The molecule has 0 saturated carbocycles. The number of benzene rings is 2. The fourth-order valence-corrected chi connectivity index (χ4v) is 2.08. The van der Waals surface area contributed by atoms with E-state index in [1.54, 1.807) is 30.3 Å². The summed E-state index contributed by atoms with van der Waals surface area (Å²) in [6, 6.07) is 9.81. The van der Waals surface area contributed by atoms with Gasteiger partial charge < -0.3 is 16.2 Å². The van der Waals surface area contributed by atoms with Crippen molar-refractivity contribution in [3.63, 3.8) is 0 Å². The minimum Gasteiger partial charge on any atom is -0.478 e. The Morgan fingerprint density at radius 1 is 1.26 bits per heavy atom. The molecule has 0 radical (unpaired) electrons. The SMILES string of the molecule is Nc1ccc(C(=O)O)c(Nc2ccc(Cl)c(Br)c2)c1. The number of hydrogen-bond acceptors (Lipinski definition) is 3. The Kier molecular flexibility index (Phi) is 3.97. The van der Waals surface area contributed by atoms with E-state index in [2.05, 4.69) is 21.2 Å². The quantitative estimate of drug-likeness (QED) is 0.734. The van der Waals surface area contributed by atoms with Gasteiger partial charge in [-0.25, -0.2) is 4.79 Å². The number of hydrogen-bond donors (Lipinski definition) is 3. The summed E-state index contributed by atoms with van der Waals surface area (Å²) in [7, 11) is 0. The minimum atomic E-state index is -1.02. The molecule has 2 aromatic carbocycles. The van der Waals surface area contributed by atoms with Crippen LogP contribution in [0.1, 0.15) is 10.4 Å². The van der Waals surface area contributed by atoms with Gasteiger partial charge in [-0.3, -0.25) is 0 Å². The van der Waals surface area contributed by atoms with Crippen LogP contribution in [0, 0.1) is 0 Å². The van der Waals surface area contributed by atoms with Gasteiger partial charge in [-0.05, 0) is 52.3 Å². The summed E-state index contributed by atoms with van der Waals surface area (Å²) in [4.78, 5) is 11.1. The molecular weight excluding hydrogens is 332 g/mol. The van der Waals surface area contributed by atoms with Crippen molar-refractivity contribution in [3.05, 3.63) is 51.5 Å². The number of nitrogens with one attached hydrogen (secondary N) is 1. The fraction of sp³-hybridized carbons (Fsp3) is 0. The molecule has 0 spiro atoms. The highest BCUT2D eigenvalue weighted by Gasteiger charge is 2.10. The van der Waals surface area contributed by atoms with Crippen molar-refractivity contribution in [3.8, 4) is 0 Å². The second-order valence-electron chi connectivity index (χ2n) is 3.86. The van der Waals surface area contributed by atoms with Gasteiger partial charge in [0.15, 0.2) is 0 Å². The lowest BCUT2D eigenvalue weighted by Crippen LogP contribution is -2.03. The predicted molar refractivity (Wildman–Crippen MR) is 80.2 cm³/mol. The number of anilines is 3. The molecule has 0 saturated heterocycles. The van der Waals surface area contributed by atoms with Gasteiger partial charge in [0.2, 0.25) is 0 Å². The van der Waals surface area contributed by atoms with Crippen molar-refractivity contribution in [2.75, 3.05) is 11.1 Å². The molecule has 0 amide bonds. The normalized spacial score (nSPS) is 10.2. The second kappa shape index (κ2) is 5.50. The molecule has 0 bridgehead atoms. The molecule has 0 aromatic heterocycles. The van der Waals surface area contributed by atoms with Gasteiger partial charge >= 0.3 is 5.97 Å². The van der Waals surface area contributed by atoms with Gasteiger partial charge in [0.25, 0.3) is 0 Å². The van der Waals surface area contributed by atoms with Crippen molar-refractivity contribution in [1.29, 1.82) is 0 Å². The molecule has 0 unspecified atom stereocenters. The Hall–Kier alpha value is -1.72. The van der Waals surface area contributed by atoms with E-state index >= 15 is 0 Å². The van der Waals surface area contributed by atoms with Gasteiger partial charge in [-0.1, -0.05) is 11.6 Å². The molecule has 2 rings (SSSR count). The van der Waals surface area contributed by atoms with Crippen LogP contribution in [0.5, 0.6) is 0 Å². The molecule has 0 aliphatic heterocycles. The molecule has 4 nitrogen and oxygen atoms in total. The van der Waals surface area contributed by atoms with E-state index in [9.17, 15) is 4.79 Å². The van der Waals surface area contributed by atoms with Crippen molar-refractivity contribution >= 4 is 50.6 Å². The Morgan fingerprint density at radius 2 is 2.00 bits per heavy atom. The van der Waals surface area contributed by atoms with Crippen LogP contribution in [0.3, 0.4) is 0 Å². The highest BCUT2D eigenvalue weighted by molar-refractivity contribution is 9.10. The zero-order chi connectivity index (χ0) is 14.0. The Labute approximate surface area is 123 Å². The summed E-state index contributed by atoms with van der Waals surface area (Å²) in [5, 5.41) is 12.7. The zero-order valence-electron chi connectivity index (χ0n) is 9.65. The Bertz CT molecular complexity index is 647. The van der Waals surface area contributed by atoms with Crippen LogP contribution >= 0.6 is 27.5 Å². The minimum absolute atomic E-state index is 0.153. The van der Waals surface area contributed by atoms with E-state index in [1.807, 2.05) is 0 Å². The number of carbonyl (C=O) groups is 1.